The Kier molecular flexibility index (Phi) is 12.4. The molecule has 0 heterocycles. The molecule has 8 nitrogen and oxygen atoms in total. The van der Waals surface area contributed by atoms with Crippen molar-refractivity contribution >= 4 is 39.1 Å². The summed E-state index contributed by atoms with van der Waals surface area (Å²) in [6, 6.07) is 28.7. The second-order valence-corrected chi connectivity index (χ2v) is 14.0. The summed E-state index contributed by atoms with van der Waals surface area (Å²) in [5.74, 6) is -0.431. The van der Waals surface area contributed by atoms with E-state index in [0.29, 0.717) is 22.9 Å². The minimum absolute atomic E-state index is 0.0172. The summed E-state index contributed by atoms with van der Waals surface area (Å²) in [6.45, 7) is 7.74. The highest BCUT2D eigenvalue weighted by Gasteiger charge is 2.35. The number of para-hydroxylation sites is 2. The lowest BCUT2D eigenvalue weighted by molar-refractivity contribution is -0.140. The molecule has 0 bridgehead atoms. The molecular formula is C37H42ClN3O5S. The van der Waals surface area contributed by atoms with E-state index >= 15 is 0 Å². The van der Waals surface area contributed by atoms with Crippen LogP contribution in [0.3, 0.4) is 0 Å². The third kappa shape index (κ3) is 9.36. The van der Waals surface area contributed by atoms with E-state index in [0.717, 1.165) is 15.4 Å². The van der Waals surface area contributed by atoms with E-state index < -0.39 is 28.5 Å². The second kappa shape index (κ2) is 16.5. The SMILES string of the molecule is CCOc1ccccc1N(CC(=O)N(Cc1ccccc1Cl)[C@H](Cc1ccccc1)C(=O)NCC(C)C)S(=O)(=O)c1ccc(C)cc1. The first kappa shape index (κ1) is 35.5. The molecule has 0 aromatic heterocycles. The van der Waals surface area contributed by atoms with Gasteiger partial charge in [0.15, 0.2) is 0 Å². The van der Waals surface area contributed by atoms with Gasteiger partial charge < -0.3 is 15.0 Å². The van der Waals surface area contributed by atoms with Crippen molar-refractivity contribution in [1.82, 2.24) is 10.2 Å². The summed E-state index contributed by atoms with van der Waals surface area (Å²) in [6.07, 6.45) is 0.210. The minimum atomic E-state index is -4.27. The normalized spacial score (nSPS) is 12.0. The smallest absolute Gasteiger partial charge is 0.264 e. The molecule has 4 rings (SSSR count). The summed E-state index contributed by atoms with van der Waals surface area (Å²) in [4.78, 5) is 30.1. The highest BCUT2D eigenvalue weighted by molar-refractivity contribution is 7.92. The number of carbonyl (C=O) groups is 2. The lowest BCUT2D eigenvalue weighted by atomic mass is 10.0. The number of anilines is 1. The summed E-state index contributed by atoms with van der Waals surface area (Å²) in [5, 5.41) is 3.42. The standard InChI is InChI=1S/C37H42ClN3O5S/c1-5-46-35-18-12-11-17-33(35)41(47(44,45)31-21-19-28(4)20-22-31)26-36(42)40(25-30-15-9-10-16-32(30)38)34(37(43)39-24-27(2)3)23-29-13-7-6-8-14-29/h6-22,27,34H,5,23-26H2,1-4H3,(H,39,43)/t34-/m1/s1. The quantitative estimate of drug-likeness (QED) is 0.152. The number of hydrogen-bond acceptors (Lipinski definition) is 5. The first-order chi connectivity index (χ1) is 22.5. The average Bonchev–Trinajstić information content (AvgIpc) is 3.06. The third-order valence-corrected chi connectivity index (χ3v) is 9.72. The fourth-order valence-corrected chi connectivity index (χ4v) is 6.70. The molecule has 1 N–H and O–H groups in total. The first-order valence-corrected chi connectivity index (χ1v) is 17.5. The van der Waals surface area contributed by atoms with Crippen molar-refractivity contribution in [1.29, 1.82) is 0 Å². The predicted octanol–water partition coefficient (Wildman–Crippen LogP) is 6.65. The van der Waals surface area contributed by atoms with Gasteiger partial charge in [-0.05, 0) is 61.2 Å². The summed E-state index contributed by atoms with van der Waals surface area (Å²) >= 11 is 6.58. The van der Waals surface area contributed by atoms with Gasteiger partial charge in [0.1, 0.15) is 18.3 Å². The van der Waals surface area contributed by atoms with Gasteiger partial charge in [-0.1, -0.05) is 104 Å². The van der Waals surface area contributed by atoms with Gasteiger partial charge in [-0.2, -0.15) is 0 Å². The van der Waals surface area contributed by atoms with Gasteiger partial charge in [0.05, 0.1) is 17.2 Å². The van der Waals surface area contributed by atoms with Crippen molar-refractivity contribution in [3.8, 4) is 5.75 Å². The van der Waals surface area contributed by atoms with Crippen LogP contribution in [0, 0.1) is 12.8 Å². The third-order valence-electron chi connectivity index (χ3n) is 7.58. The van der Waals surface area contributed by atoms with E-state index in [1.165, 1.54) is 17.0 Å². The zero-order valence-corrected chi connectivity index (χ0v) is 28.8. The molecule has 248 valence electrons. The number of sulfonamides is 1. The number of hydrogen-bond donors (Lipinski definition) is 1. The number of benzene rings is 4. The minimum Gasteiger partial charge on any atom is -0.492 e. The summed E-state index contributed by atoms with van der Waals surface area (Å²) in [5.41, 5.74) is 2.58. The Morgan fingerprint density at radius 3 is 2.17 bits per heavy atom. The Morgan fingerprint density at radius 1 is 0.872 bits per heavy atom. The topological polar surface area (TPSA) is 96.0 Å². The number of carbonyl (C=O) groups excluding carboxylic acids is 2. The van der Waals surface area contributed by atoms with Crippen LogP contribution in [0.1, 0.15) is 37.5 Å². The molecule has 0 saturated heterocycles. The molecule has 0 aliphatic heterocycles. The van der Waals surface area contributed by atoms with E-state index in [4.69, 9.17) is 16.3 Å². The van der Waals surface area contributed by atoms with E-state index in [-0.39, 0.29) is 42.0 Å². The van der Waals surface area contributed by atoms with Crippen molar-refractivity contribution in [3.05, 3.63) is 125 Å². The first-order valence-electron chi connectivity index (χ1n) is 15.7. The number of aryl methyl sites for hydroxylation is 1. The second-order valence-electron chi connectivity index (χ2n) is 11.7. The number of nitrogens with zero attached hydrogens (tertiary/aromatic N) is 2. The van der Waals surface area contributed by atoms with Crippen molar-refractivity contribution in [2.24, 2.45) is 5.92 Å². The van der Waals surface area contributed by atoms with Crippen molar-refractivity contribution in [2.75, 3.05) is 24.0 Å². The van der Waals surface area contributed by atoms with E-state index in [2.05, 4.69) is 5.32 Å². The van der Waals surface area contributed by atoms with Crippen LogP contribution in [0.2, 0.25) is 5.02 Å². The zero-order valence-electron chi connectivity index (χ0n) is 27.2. The van der Waals surface area contributed by atoms with Crippen LogP contribution in [-0.2, 0) is 32.6 Å². The van der Waals surface area contributed by atoms with Gasteiger partial charge in [-0.15, -0.1) is 0 Å². The predicted molar refractivity (Wildman–Crippen MR) is 187 cm³/mol. The molecule has 0 radical (unpaired) electrons. The molecule has 10 heteroatoms. The van der Waals surface area contributed by atoms with E-state index in [1.54, 1.807) is 67.6 Å². The number of ether oxygens (including phenoxy) is 1. The zero-order chi connectivity index (χ0) is 34.0. The van der Waals surface area contributed by atoms with Gasteiger partial charge in [-0.25, -0.2) is 8.42 Å². The van der Waals surface area contributed by atoms with Gasteiger partial charge in [0.25, 0.3) is 10.0 Å². The molecule has 0 fully saturated rings. The maximum absolute atomic E-state index is 14.7. The van der Waals surface area contributed by atoms with E-state index in [9.17, 15) is 18.0 Å². The highest BCUT2D eigenvalue weighted by atomic mass is 35.5. The molecule has 0 aliphatic rings. The molecule has 4 aromatic rings. The van der Waals surface area contributed by atoms with Crippen molar-refractivity contribution in [2.45, 2.75) is 51.6 Å². The number of halogens is 1. The van der Waals surface area contributed by atoms with Crippen LogP contribution >= 0.6 is 11.6 Å². The van der Waals surface area contributed by atoms with Crippen molar-refractivity contribution < 1.29 is 22.7 Å². The Morgan fingerprint density at radius 2 is 1.51 bits per heavy atom. The van der Waals surface area contributed by atoms with Crippen LogP contribution < -0.4 is 14.4 Å². The molecule has 4 aromatic carbocycles. The number of rotatable bonds is 15. The molecule has 0 saturated carbocycles. The molecule has 0 spiro atoms. The maximum Gasteiger partial charge on any atom is 0.264 e. The van der Waals surface area contributed by atoms with Gasteiger partial charge >= 0.3 is 0 Å². The van der Waals surface area contributed by atoms with E-state index in [1.807, 2.05) is 51.1 Å². The molecule has 0 aliphatic carbocycles. The largest absolute Gasteiger partial charge is 0.492 e. The Hall–Kier alpha value is -4.34. The lowest BCUT2D eigenvalue weighted by Gasteiger charge is -2.34. The van der Waals surface area contributed by atoms with Crippen LogP contribution in [0.4, 0.5) is 5.69 Å². The Bertz CT molecular complexity index is 1750. The Balaban J connectivity index is 1.84. The summed E-state index contributed by atoms with van der Waals surface area (Å²) < 4.78 is 35.6. The molecule has 2 amide bonds. The van der Waals surface area contributed by atoms with Crippen molar-refractivity contribution in [3.63, 3.8) is 0 Å². The monoisotopic (exact) mass is 675 g/mol. The Labute approximate surface area is 283 Å². The van der Waals surface area contributed by atoms with Crippen LogP contribution in [-0.4, -0.2) is 50.9 Å². The molecular weight excluding hydrogens is 634 g/mol. The molecule has 1 atom stereocenters. The fourth-order valence-electron chi connectivity index (χ4n) is 5.08. The van der Waals surface area contributed by atoms with Gasteiger partial charge in [-0.3, -0.25) is 13.9 Å². The number of nitrogens with one attached hydrogen (secondary N) is 1. The van der Waals surface area contributed by atoms with Gasteiger partial charge in [0.2, 0.25) is 11.8 Å². The molecule has 0 unspecified atom stereocenters. The van der Waals surface area contributed by atoms with Crippen LogP contribution in [0.25, 0.3) is 0 Å². The average molecular weight is 676 g/mol. The summed E-state index contributed by atoms with van der Waals surface area (Å²) in [7, 11) is -4.27. The fraction of sp³-hybridized carbons (Fsp3) is 0.297. The maximum atomic E-state index is 14.7. The number of amides is 2. The molecule has 47 heavy (non-hydrogen) atoms. The van der Waals surface area contributed by atoms with Crippen LogP contribution in [0.5, 0.6) is 5.75 Å². The lowest BCUT2D eigenvalue weighted by Crippen LogP contribution is -2.53. The van der Waals surface area contributed by atoms with Gasteiger partial charge in [0, 0.05) is 24.5 Å². The highest BCUT2D eigenvalue weighted by Crippen LogP contribution is 2.33. The van der Waals surface area contributed by atoms with Crippen LogP contribution in [0.15, 0.2) is 108 Å².